The molecule has 3 nitrogen and oxygen atoms in total. The van der Waals surface area contributed by atoms with Crippen LogP contribution < -0.4 is 4.90 Å². The lowest BCUT2D eigenvalue weighted by Crippen LogP contribution is -2.20. The van der Waals surface area contributed by atoms with Gasteiger partial charge in [-0.1, -0.05) is 23.7 Å². The van der Waals surface area contributed by atoms with Crippen molar-refractivity contribution >= 4 is 28.1 Å². The van der Waals surface area contributed by atoms with Crippen LogP contribution in [-0.2, 0) is 13.1 Å². The van der Waals surface area contributed by atoms with E-state index in [9.17, 15) is 0 Å². The zero-order valence-electron chi connectivity index (χ0n) is 12.4. The van der Waals surface area contributed by atoms with Crippen LogP contribution in [0.25, 0.3) is 0 Å². The molecule has 1 heterocycles. The summed E-state index contributed by atoms with van der Waals surface area (Å²) in [7, 11) is 4.26. The van der Waals surface area contributed by atoms with E-state index in [0.29, 0.717) is 6.04 Å². The summed E-state index contributed by atoms with van der Waals surface area (Å²) >= 11 is 7.77. The summed E-state index contributed by atoms with van der Waals surface area (Å²) in [5.41, 5.74) is 2.38. The number of anilines is 1. The molecule has 0 aliphatic heterocycles. The maximum absolute atomic E-state index is 6.03. The van der Waals surface area contributed by atoms with E-state index in [4.69, 9.17) is 16.6 Å². The Bertz CT molecular complexity index is 609. The highest BCUT2D eigenvalue weighted by molar-refractivity contribution is 7.13. The van der Waals surface area contributed by atoms with E-state index in [0.717, 1.165) is 28.9 Å². The lowest BCUT2D eigenvalue weighted by Gasteiger charge is -2.16. The smallest absolute Gasteiger partial charge is 0.185 e. The summed E-state index contributed by atoms with van der Waals surface area (Å²) < 4.78 is 0. The highest BCUT2D eigenvalue weighted by Crippen LogP contribution is 2.32. The van der Waals surface area contributed by atoms with Gasteiger partial charge in [-0.2, -0.15) is 0 Å². The SMILES string of the molecule is CN(Cc1cccc(Cl)c1)Cc1csc(N(C)C2CC2)n1. The van der Waals surface area contributed by atoms with Crippen molar-refractivity contribution in [2.45, 2.75) is 32.0 Å². The van der Waals surface area contributed by atoms with E-state index in [1.165, 1.54) is 18.4 Å². The monoisotopic (exact) mass is 321 g/mol. The van der Waals surface area contributed by atoms with Gasteiger partial charge < -0.3 is 4.90 Å². The molecule has 1 saturated carbocycles. The summed E-state index contributed by atoms with van der Waals surface area (Å²) in [4.78, 5) is 9.32. The van der Waals surface area contributed by atoms with Crippen LogP contribution in [0.3, 0.4) is 0 Å². The van der Waals surface area contributed by atoms with Crippen LogP contribution in [0.4, 0.5) is 5.13 Å². The Morgan fingerprint density at radius 1 is 1.29 bits per heavy atom. The molecule has 3 rings (SSSR count). The Morgan fingerprint density at radius 3 is 2.81 bits per heavy atom. The quantitative estimate of drug-likeness (QED) is 0.801. The first kappa shape index (κ1) is 14.8. The average molecular weight is 322 g/mol. The Labute approximate surface area is 135 Å². The number of benzene rings is 1. The molecule has 1 aromatic carbocycles. The third kappa shape index (κ3) is 3.96. The van der Waals surface area contributed by atoms with Gasteiger partial charge in [-0.25, -0.2) is 4.98 Å². The van der Waals surface area contributed by atoms with E-state index in [-0.39, 0.29) is 0 Å². The minimum absolute atomic E-state index is 0.716. The van der Waals surface area contributed by atoms with E-state index in [1.807, 2.05) is 18.2 Å². The predicted octanol–water partition coefficient (Wildman–Crippen LogP) is 4.03. The molecule has 0 spiro atoms. The normalized spacial score (nSPS) is 14.7. The van der Waals surface area contributed by atoms with Crippen molar-refractivity contribution in [2.24, 2.45) is 0 Å². The Morgan fingerprint density at radius 2 is 2.10 bits per heavy atom. The molecule has 0 N–H and O–H groups in total. The third-order valence-electron chi connectivity index (χ3n) is 3.71. The first-order valence-electron chi connectivity index (χ1n) is 7.22. The van der Waals surface area contributed by atoms with Crippen molar-refractivity contribution in [1.82, 2.24) is 9.88 Å². The fourth-order valence-electron chi connectivity index (χ4n) is 2.43. The van der Waals surface area contributed by atoms with Gasteiger partial charge >= 0.3 is 0 Å². The largest absolute Gasteiger partial charge is 0.348 e. The fraction of sp³-hybridized carbons (Fsp3) is 0.438. The van der Waals surface area contributed by atoms with Gasteiger partial charge in [-0.15, -0.1) is 11.3 Å². The third-order valence-corrected chi connectivity index (χ3v) is 4.92. The van der Waals surface area contributed by atoms with Gasteiger partial charge in [0.1, 0.15) is 0 Å². The number of hydrogen-bond acceptors (Lipinski definition) is 4. The molecule has 112 valence electrons. The molecule has 0 atom stereocenters. The van der Waals surface area contributed by atoms with Crippen molar-refractivity contribution in [3.63, 3.8) is 0 Å². The lowest BCUT2D eigenvalue weighted by molar-refractivity contribution is 0.316. The highest BCUT2D eigenvalue weighted by Gasteiger charge is 2.27. The summed E-state index contributed by atoms with van der Waals surface area (Å²) in [5, 5.41) is 4.11. The second kappa shape index (κ2) is 6.34. The van der Waals surface area contributed by atoms with Crippen molar-refractivity contribution in [3.05, 3.63) is 45.9 Å². The molecular formula is C16H20ClN3S. The predicted molar refractivity (Wildman–Crippen MR) is 90.2 cm³/mol. The van der Waals surface area contributed by atoms with E-state index in [1.54, 1.807) is 11.3 Å². The van der Waals surface area contributed by atoms with Crippen LogP contribution in [0, 0.1) is 0 Å². The number of hydrogen-bond donors (Lipinski definition) is 0. The van der Waals surface area contributed by atoms with Gasteiger partial charge in [0, 0.05) is 36.6 Å². The topological polar surface area (TPSA) is 19.4 Å². The van der Waals surface area contributed by atoms with Gasteiger partial charge in [0.05, 0.1) is 5.69 Å². The summed E-state index contributed by atoms with van der Waals surface area (Å²) in [6.45, 7) is 1.74. The minimum Gasteiger partial charge on any atom is -0.348 e. The minimum atomic E-state index is 0.716. The number of halogens is 1. The molecule has 0 radical (unpaired) electrons. The summed E-state index contributed by atoms with van der Waals surface area (Å²) in [5.74, 6) is 0. The zero-order chi connectivity index (χ0) is 14.8. The van der Waals surface area contributed by atoms with Gasteiger partial charge in [-0.3, -0.25) is 4.90 Å². The second-order valence-electron chi connectivity index (χ2n) is 5.77. The average Bonchev–Trinajstić information content (AvgIpc) is 3.18. The summed E-state index contributed by atoms with van der Waals surface area (Å²) in [6, 6.07) is 8.75. The molecular weight excluding hydrogens is 302 g/mol. The van der Waals surface area contributed by atoms with E-state index < -0.39 is 0 Å². The van der Waals surface area contributed by atoms with Crippen LogP contribution in [0.15, 0.2) is 29.6 Å². The zero-order valence-corrected chi connectivity index (χ0v) is 14.0. The van der Waals surface area contributed by atoms with Crippen LogP contribution in [-0.4, -0.2) is 30.0 Å². The Hall–Kier alpha value is -1.10. The van der Waals surface area contributed by atoms with Crippen molar-refractivity contribution in [1.29, 1.82) is 0 Å². The van der Waals surface area contributed by atoms with Crippen molar-refractivity contribution < 1.29 is 0 Å². The Balaban J connectivity index is 1.58. The van der Waals surface area contributed by atoms with Crippen molar-refractivity contribution in [2.75, 3.05) is 19.0 Å². The first-order valence-corrected chi connectivity index (χ1v) is 8.48. The molecule has 21 heavy (non-hydrogen) atoms. The molecule has 5 heteroatoms. The number of nitrogens with zero attached hydrogens (tertiary/aromatic N) is 3. The van der Waals surface area contributed by atoms with Gasteiger partial charge in [0.2, 0.25) is 0 Å². The van der Waals surface area contributed by atoms with Gasteiger partial charge in [-0.05, 0) is 37.6 Å². The first-order chi connectivity index (χ1) is 10.1. The van der Waals surface area contributed by atoms with Crippen LogP contribution >= 0.6 is 22.9 Å². The van der Waals surface area contributed by atoms with Crippen LogP contribution in [0.5, 0.6) is 0 Å². The van der Waals surface area contributed by atoms with Crippen LogP contribution in [0.1, 0.15) is 24.1 Å². The molecule has 0 bridgehead atoms. The molecule has 1 aliphatic carbocycles. The molecule has 0 saturated heterocycles. The van der Waals surface area contributed by atoms with E-state index >= 15 is 0 Å². The second-order valence-corrected chi connectivity index (χ2v) is 7.04. The standard InChI is InChI=1S/C16H20ClN3S/c1-19(9-12-4-3-5-13(17)8-12)10-14-11-21-16(18-14)20(2)15-6-7-15/h3-5,8,11,15H,6-7,9-10H2,1-2H3. The number of aromatic nitrogens is 1. The Kier molecular flexibility index (Phi) is 4.48. The molecule has 2 aromatic rings. The maximum Gasteiger partial charge on any atom is 0.185 e. The number of thiazole rings is 1. The molecule has 0 unspecified atom stereocenters. The fourth-order valence-corrected chi connectivity index (χ4v) is 3.50. The number of rotatable bonds is 6. The molecule has 1 aromatic heterocycles. The van der Waals surface area contributed by atoms with Gasteiger partial charge in [0.15, 0.2) is 5.13 Å². The van der Waals surface area contributed by atoms with Crippen LogP contribution in [0.2, 0.25) is 5.02 Å². The molecule has 0 amide bonds. The maximum atomic E-state index is 6.03. The van der Waals surface area contributed by atoms with Gasteiger partial charge in [0.25, 0.3) is 0 Å². The van der Waals surface area contributed by atoms with E-state index in [2.05, 4.69) is 35.3 Å². The highest BCUT2D eigenvalue weighted by atomic mass is 35.5. The molecule has 1 fully saturated rings. The lowest BCUT2D eigenvalue weighted by atomic mass is 10.2. The van der Waals surface area contributed by atoms with Crippen molar-refractivity contribution in [3.8, 4) is 0 Å². The molecule has 1 aliphatic rings. The summed E-state index contributed by atoms with van der Waals surface area (Å²) in [6.07, 6.45) is 2.61.